The first-order chi connectivity index (χ1) is 15.5. The van der Waals surface area contributed by atoms with Gasteiger partial charge in [0.05, 0.1) is 24.1 Å². The number of anilines is 1. The Morgan fingerprint density at radius 1 is 1.19 bits per heavy atom. The Morgan fingerprint density at radius 2 is 2.00 bits per heavy atom. The van der Waals surface area contributed by atoms with Crippen LogP contribution in [0.2, 0.25) is 0 Å². The highest BCUT2D eigenvalue weighted by Gasteiger charge is 2.18. The highest BCUT2D eigenvalue weighted by atomic mass is 32.2. The number of aryl methyl sites for hydroxylation is 2. The molecule has 8 heteroatoms. The molecular weight excluding hydrogens is 442 g/mol. The topological polar surface area (TPSA) is 73.2 Å². The van der Waals surface area contributed by atoms with E-state index < -0.39 is 0 Å². The smallest absolute Gasteiger partial charge is 0.276 e. The summed E-state index contributed by atoms with van der Waals surface area (Å²) in [4.78, 5) is 30.8. The van der Waals surface area contributed by atoms with Gasteiger partial charge in [-0.1, -0.05) is 49.0 Å². The second-order valence-corrected chi connectivity index (χ2v) is 9.00. The summed E-state index contributed by atoms with van der Waals surface area (Å²) in [6, 6.07) is 15.1. The Morgan fingerprint density at radius 3 is 2.78 bits per heavy atom. The summed E-state index contributed by atoms with van der Waals surface area (Å²) in [5.74, 6) is 0.533. The zero-order valence-electron chi connectivity index (χ0n) is 18.0. The molecule has 0 bridgehead atoms. The number of hydrogen-bond acceptors (Lipinski definition) is 6. The van der Waals surface area contributed by atoms with Gasteiger partial charge in [-0.25, -0.2) is 4.98 Å². The zero-order chi connectivity index (χ0) is 22.7. The maximum atomic E-state index is 13.3. The number of nitrogens with zero attached hydrogens (tertiary/aromatic N) is 2. The molecule has 0 aliphatic carbocycles. The normalized spacial score (nSPS) is 11.0. The maximum absolute atomic E-state index is 13.3. The lowest BCUT2D eigenvalue weighted by molar-refractivity contribution is -0.113. The molecule has 0 atom stereocenters. The van der Waals surface area contributed by atoms with E-state index in [9.17, 15) is 9.59 Å². The summed E-state index contributed by atoms with van der Waals surface area (Å²) >= 11 is 2.58. The van der Waals surface area contributed by atoms with Gasteiger partial charge in [-0.3, -0.25) is 14.2 Å². The molecule has 0 radical (unpaired) electrons. The molecule has 0 aliphatic heterocycles. The fraction of sp³-hybridized carbons (Fsp3) is 0.208. The van der Waals surface area contributed by atoms with Crippen molar-refractivity contribution in [3.63, 3.8) is 0 Å². The van der Waals surface area contributed by atoms with Crippen molar-refractivity contribution >= 4 is 44.9 Å². The third-order valence-corrected chi connectivity index (χ3v) is 6.94. The molecule has 2 aromatic heterocycles. The molecule has 6 nitrogen and oxygen atoms in total. The third kappa shape index (κ3) is 4.28. The van der Waals surface area contributed by atoms with Gasteiger partial charge in [0, 0.05) is 5.69 Å². The molecule has 1 N–H and O–H groups in total. The summed E-state index contributed by atoms with van der Waals surface area (Å²) in [7, 11) is 1.56. The van der Waals surface area contributed by atoms with E-state index >= 15 is 0 Å². The molecule has 2 heterocycles. The lowest BCUT2D eigenvalue weighted by Crippen LogP contribution is -2.23. The minimum absolute atomic E-state index is 0.120. The number of amides is 1. The number of aromatic nitrogens is 2. The molecular formula is C24H23N3O3S2. The van der Waals surface area contributed by atoms with Gasteiger partial charge in [-0.2, -0.15) is 0 Å². The van der Waals surface area contributed by atoms with Gasteiger partial charge in [-0.15, -0.1) is 11.3 Å². The van der Waals surface area contributed by atoms with Crippen LogP contribution in [-0.2, 0) is 11.2 Å². The number of thiophene rings is 1. The van der Waals surface area contributed by atoms with E-state index in [1.54, 1.807) is 13.2 Å². The summed E-state index contributed by atoms with van der Waals surface area (Å²) in [6.45, 7) is 4.04. The molecule has 1 amide bonds. The lowest BCUT2D eigenvalue weighted by Gasteiger charge is -2.15. The zero-order valence-corrected chi connectivity index (χ0v) is 19.7. The standard InChI is InChI=1S/C24H23N3O3S2/c1-4-16-9-7-8-15(2)21(16)26-20(28)14-32-24-25-17-12-13-31-22(17)23(29)27(24)18-10-5-6-11-19(18)30-3/h5-13H,4,14H2,1-3H3,(H,26,28). The summed E-state index contributed by atoms with van der Waals surface area (Å²) in [6.07, 6.45) is 0.828. The van der Waals surface area contributed by atoms with Crippen LogP contribution in [0.15, 0.2) is 63.9 Å². The fourth-order valence-corrected chi connectivity index (χ4v) is 5.09. The number of ether oxygens (including phenoxy) is 1. The minimum atomic E-state index is -0.176. The van der Waals surface area contributed by atoms with E-state index in [0.29, 0.717) is 26.8 Å². The lowest BCUT2D eigenvalue weighted by atomic mass is 10.1. The van der Waals surface area contributed by atoms with Gasteiger partial charge in [0.25, 0.3) is 5.56 Å². The van der Waals surface area contributed by atoms with Crippen molar-refractivity contribution in [1.29, 1.82) is 0 Å². The van der Waals surface area contributed by atoms with Crippen LogP contribution in [0.3, 0.4) is 0 Å². The number of fused-ring (bicyclic) bond motifs is 1. The average molecular weight is 466 g/mol. The maximum Gasteiger partial charge on any atom is 0.276 e. The number of benzene rings is 2. The molecule has 2 aromatic carbocycles. The molecule has 4 rings (SSSR count). The Hall–Kier alpha value is -3.10. The summed E-state index contributed by atoms with van der Waals surface area (Å²) in [5, 5.41) is 5.32. The number of hydrogen-bond donors (Lipinski definition) is 1. The summed E-state index contributed by atoms with van der Waals surface area (Å²) in [5.41, 5.74) is 4.01. The molecule has 0 fully saturated rings. The van der Waals surface area contributed by atoms with Gasteiger partial charge in [0.15, 0.2) is 5.16 Å². The number of thioether (sulfide) groups is 1. The van der Waals surface area contributed by atoms with Gasteiger partial charge in [0.1, 0.15) is 10.4 Å². The first-order valence-electron chi connectivity index (χ1n) is 10.2. The van der Waals surface area contributed by atoms with Crippen LogP contribution < -0.4 is 15.6 Å². The minimum Gasteiger partial charge on any atom is -0.495 e. The molecule has 0 unspecified atom stereocenters. The number of nitrogens with one attached hydrogen (secondary N) is 1. The Balaban J connectivity index is 1.68. The van der Waals surface area contributed by atoms with Crippen molar-refractivity contribution in [2.75, 3.05) is 18.2 Å². The summed E-state index contributed by atoms with van der Waals surface area (Å²) < 4.78 is 7.57. The van der Waals surface area contributed by atoms with Crippen molar-refractivity contribution in [1.82, 2.24) is 9.55 Å². The van der Waals surface area contributed by atoms with Crippen molar-refractivity contribution < 1.29 is 9.53 Å². The SMILES string of the molecule is CCc1cccc(C)c1NC(=O)CSc1nc2ccsc2c(=O)n1-c1ccccc1OC. The Kier molecular flexibility index (Phi) is 6.62. The monoisotopic (exact) mass is 465 g/mol. The number of rotatable bonds is 7. The van der Waals surface area contributed by atoms with Crippen LogP contribution in [0.25, 0.3) is 15.9 Å². The van der Waals surface area contributed by atoms with E-state index in [1.807, 2.05) is 54.8 Å². The highest BCUT2D eigenvalue weighted by molar-refractivity contribution is 7.99. The van der Waals surface area contributed by atoms with Gasteiger partial charge in [-0.05, 0) is 48.1 Å². The van der Waals surface area contributed by atoms with Crippen LogP contribution in [0.5, 0.6) is 5.75 Å². The van der Waals surface area contributed by atoms with Gasteiger partial charge < -0.3 is 10.1 Å². The number of carbonyl (C=O) groups excluding carboxylic acids is 1. The average Bonchev–Trinajstić information content (AvgIpc) is 3.28. The van der Waals surface area contributed by atoms with Crippen LogP contribution in [0.1, 0.15) is 18.1 Å². The highest BCUT2D eigenvalue weighted by Crippen LogP contribution is 2.28. The Bertz CT molecular complexity index is 1340. The van der Waals surface area contributed by atoms with Crippen LogP contribution >= 0.6 is 23.1 Å². The van der Waals surface area contributed by atoms with Gasteiger partial charge >= 0.3 is 0 Å². The largest absolute Gasteiger partial charge is 0.495 e. The van der Waals surface area contributed by atoms with Crippen molar-refractivity contribution in [2.24, 2.45) is 0 Å². The van der Waals surface area contributed by atoms with E-state index in [0.717, 1.165) is 23.2 Å². The van der Waals surface area contributed by atoms with E-state index in [1.165, 1.54) is 27.7 Å². The van der Waals surface area contributed by atoms with Crippen molar-refractivity contribution in [2.45, 2.75) is 25.4 Å². The molecule has 0 aliphatic rings. The van der Waals surface area contributed by atoms with E-state index in [-0.39, 0.29) is 17.2 Å². The van der Waals surface area contributed by atoms with Crippen LogP contribution in [-0.4, -0.2) is 28.3 Å². The predicted octanol–water partition coefficient (Wildman–Crippen LogP) is 5.06. The second-order valence-electron chi connectivity index (χ2n) is 7.14. The molecule has 0 saturated carbocycles. The molecule has 0 spiro atoms. The quantitative estimate of drug-likeness (QED) is 0.305. The molecule has 164 valence electrons. The van der Waals surface area contributed by atoms with Gasteiger partial charge in [0.2, 0.25) is 5.91 Å². The molecule has 32 heavy (non-hydrogen) atoms. The number of para-hydroxylation sites is 3. The molecule has 4 aromatic rings. The van der Waals surface area contributed by atoms with Crippen molar-refractivity contribution in [3.8, 4) is 11.4 Å². The fourth-order valence-electron chi connectivity index (χ4n) is 3.52. The number of carbonyl (C=O) groups is 1. The van der Waals surface area contributed by atoms with Crippen LogP contribution in [0.4, 0.5) is 5.69 Å². The predicted molar refractivity (Wildman–Crippen MR) is 132 cm³/mol. The van der Waals surface area contributed by atoms with E-state index in [2.05, 4.69) is 17.2 Å². The molecule has 0 saturated heterocycles. The van der Waals surface area contributed by atoms with E-state index in [4.69, 9.17) is 4.74 Å². The van der Waals surface area contributed by atoms with Crippen molar-refractivity contribution in [3.05, 3.63) is 75.4 Å². The first-order valence-corrected chi connectivity index (χ1v) is 12.0. The Labute approximate surface area is 194 Å². The second kappa shape index (κ2) is 9.58. The first kappa shape index (κ1) is 22.1. The number of methoxy groups -OCH3 is 1. The van der Waals surface area contributed by atoms with Crippen LogP contribution in [0, 0.1) is 6.92 Å². The third-order valence-electron chi connectivity index (χ3n) is 5.11.